The van der Waals surface area contributed by atoms with Crippen molar-refractivity contribution in [1.82, 2.24) is 19.9 Å². The highest BCUT2D eigenvalue weighted by atomic mass is 35.5. The van der Waals surface area contributed by atoms with Crippen LogP contribution in [-0.4, -0.2) is 19.9 Å². The van der Waals surface area contributed by atoms with Gasteiger partial charge in [0.15, 0.2) is 23.1 Å². The van der Waals surface area contributed by atoms with Crippen molar-refractivity contribution in [3.8, 4) is 34.2 Å². The second kappa shape index (κ2) is 8.48. The molecule has 0 fully saturated rings. The lowest BCUT2D eigenvalue weighted by Gasteiger charge is -2.09. The van der Waals surface area contributed by atoms with Crippen molar-refractivity contribution in [1.29, 1.82) is 0 Å². The van der Waals surface area contributed by atoms with E-state index in [0.29, 0.717) is 39.2 Å². The van der Waals surface area contributed by atoms with Gasteiger partial charge in [0, 0.05) is 39.7 Å². The van der Waals surface area contributed by atoms with Crippen molar-refractivity contribution in [3.05, 3.63) is 108 Å². The molecule has 4 aromatic heterocycles. The minimum absolute atomic E-state index is 0.512. The van der Waals surface area contributed by atoms with Gasteiger partial charge in [-0.2, -0.15) is 0 Å². The Morgan fingerprint density at radius 2 is 1.26 bits per heavy atom. The van der Waals surface area contributed by atoms with Crippen molar-refractivity contribution < 1.29 is 8.83 Å². The van der Waals surface area contributed by atoms with Crippen molar-refractivity contribution in [2.45, 2.75) is 0 Å². The molecule has 6 nitrogen and oxygen atoms in total. The summed E-state index contributed by atoms with van der Waals surface area (Å²) in [6.45, 7) is 0. The average molecular weight is 525 g/mol. The molecule has 0 aliphatic heterocycles. The minimum atomic E-state index is 0.512. The smallest absolute Gasteiger partial charge is 0.164 e. The number of nitrogens with zero attached hydrogens (tertiary/aromatic N) is 4. The zero-order valence-corrected chi connectivity index (χ0v) is 21.1. The summed E-state index contributed by atoms with van der Waals surface area (Å²) in [5.41, 5.74) is 6.14. The van der Waals surface area contributed by atoms with E-state index in [2.05, 4.69) is 17.1 Å². The molecule has 0 unspecified atom stereocenters. The Bertz CT molecular complexity index is 2200. The van der Waals surface area contributed by atoms with E-state index in [0.717, 1.165) is 44.0 Å². The molecule has 4 heterocycles. The number of furan rings is 2. The Labute approximate surface area is 226 Å². The number of halogens is 1. The van der Waals surface area contributed by atoms with Crippen molar-refractivity contribution in [2.24, 2.45) is 0 Å². The first-order valence-electron chi connectivity index (χ1n) is 12.4. The van der Waals surface area contributed by atoms with Crippen molar-refractivity contribution in [3.63, 3.8) is 0 Å². The van der Waals surface area contributed by atoms with E-state index in [1.807, 2.05) is 78.9 Å². The van der Waals surface area contributed by atoms with Crippen LogP contribution in [0.4, 0.5) is 0 Å². The Kier molecular flexibility index (Phi) is 4.77. The molecule has 0 saturated heterocycles. The number of aromatic nitrogens is 4. The molecule has 184 valence electrons. The lowest BCUT2D eigenvalue weighted by molar-refractivity contribution is 0.668. The molecule has 0 N–H and O–H groups in total. The van der Waals surface area contributed by atoms with Crippen LogP contribution in [0.15, 0.2) is 112 Å². The highest BCUT2D eigenvalue weighted by molar-refractivity contribution is 6.31. The molecule has 8 aromatic rings. The van der Waals surface area contributed by atoms with Gasteiger partial charge in [0.1, 0.15) is 22.3 Å². The fourth-order valence-corrected chi connectivity index (χ4v) is 5.21. The van der Waals surface area contributed by atoms with E-state index in [1.165, 1.54) is 0 Å². The van der Waals surface area contributed by atoms with E-state index in [1.54, 1.807) is 12.3 Å². The van der Waals surface area contributed by atoms with E-state index in [-0.39, 0.29) is 0 Å². The van der Waals surface area contributed by atoms with Crippen LogP contribution in [0, 0.1) is 0 Å². The van der Waals surface area contributed by atoms with Gasteiger partial charge in [-0.05, 0) is 24.3 Å². The van der Waals surface area contributed by atoms with Crippen molar-refractivity contribution >= 4 is 55.6 Å². The summed E-state index contributed by atoms with van der Waals surface area (Å²) in [5, 5.41) is 3.46. The molecule has 8 rings (SSSR count). The minimum Gasteiger partial charge on any atom is -0.456 e. The fraction of sp³-hybridized carbons (Fsp3) is 0. The van der Waals surface area contributed by atoms with Crippen LogP contribution in [0.3, 0.4) is 0 Å². The van der Waals surface area contributed by atoms with E-state index >= 15 is 0 Å². The largest absolute Gasteiger partial charge is 0.456 e. The van der Waals surface area contributed by atoms with Gasteiger partial charge in [-0.15, -0.1) is 0 Å². The zero-order valence-electron chi connectivity index (χ0n) is 20.3. The zero-order chi connectivity index (χ0) is 25.9. The second-order valence-electron chi connectivity index (χ2n) is 9.26. The summed E-state index contributed by atoms with van der Waals surface area (Å²) in [7, 11) is 0. The molecule has 0 aliphatic carbocycles. The molecule has 0 saturated carbocycles. The summed E-state index contributed by atoms with van der Waals surface area (Å²) >= 11 is 6.18. The fourth-order valence-electron chi connectivity index (χ4n) is 5.06. The van der Waals surface area contributed by atoms with Gasteiger partial charge < -0.3 is 8.83 Å². The predicted molar refractivity (Wildman–Crippen MR) is 153 cm³/mol. The highest BCUT2D eigenvalue weighted by Gasteiger charge is 2.19. The molecule has 7 heteroatoms. The molecule has 0 aliphatic rings. The number of benzene rings is 4. The number of hydrogen-bond donors (Lipinski definition) is 0. The Hall–Kier alpha value is -5.07. The summed E-state index contributed by atoms with van der Waals surface area (Å²) in [5.74, 6) is 1.64. The lowest BCUT2D eigenvalue weighted by Crippen LogP contribution is -2.00. The molecule has 0 bridgehead atoms. The quantitative estimate of drug-likeness (QED) is 0.230. The SMILES string of the molecule is Clc1cnc2c(c1)oc1cccc(-c3nc(-c4ccccc4)nc(-c4ccc5c(c4)oc4ccccc45)n3)c12. The van der Waals surface area contributed by atoms with Crippen LogP contribution >= 0.6 is 11.6 Å². The third kappa shape index (κ3) is 3.57. The number of fused-ring (bicyclic) bond motifs is 6. The van der Waals surface area contributed by atoms with E-state index in [9.17, 15) is 0 Å². The first-order valence-corrected chi connectivity index (χ1v) is 12.8. The molecule has 0 amide bonds. The van der Waals surface area contributed by atoms with Crippen LogP contribution in [0.1, 0.15) is 0 Å². The van der Waals surface area contributed by atoms with Gasteiger partial charge >= 0.3 is 0 Å². The Morgan fingerprint density at radius 3 is 2.15 bits per heavy atom. The van der Waals surface area contributed by atoms with Gasteiger partial charge in [0.05, 0.1) is 10.4 Å². The third-order valence-corrected chi connectivity index (χ3v) is 7.05. The van der Waals surface area contributed by atoms with Gasteiger partial charge in [0.2, 0.25) is 0 Å². The van der Waals surface area contributed by atoms with Crippen LogP contribution in [0.2, 0.25) is 5.02 Å². The van der Waals surface area contributed by atoms with Gasteiger partial charge in [-0.3, -0.25) is 4.98 Å². The maximum atomic E-state index is 6.18. The van der Waals surface area contributed by atoms with Crippen LogP contribution in [-0.2, 0) is 0 Å². The standard InChI is InChI=1S/C32H17ClN4O2/c33-20-16-27-29(34-17-20)28-23(10-6-12-25(28)39-27)32-36-30(18-7-2-1-3-8-18)35-31(37-32)19-13-14-22-21-9-4-5-11-24(21)38-26(22)15-19/h1-17H. The van der Waals surface area contributed by atoms with Gasteiger partial charge in [-0.1, -0.05) is 78.3 Å². The van der Waals surface area contributed by atoms with Crippen LogP contribution in [0.5, 0.6) is 0 Å². The molecule has 4 aromatic carbocycles. The topological polar surface area (TPSA) is 77.8 Å². The number of rotatable bonds is 3. The first-order chi connectivity index (χ1) is 19.2. The summed E-state index contributed by atoms with van der Waals surface area (Å²) in [6.07, 6.45) is 1.62. The van der Waals surface area contributed by atoms with Crippen LogP contribution in [0.25, 0.3) is 78.2 Å². The monoisotopic (exact) mass is 524 g/mol. The Balaban J connectivity index is 1.38. The molecule has 0 spiro atoms. The molecule has 0 atom stereocenters. The molecular weight excluding hydrogens is 508 g/mol. The third-order valence-electron chi connectivity index (χ3n) is 6.85. The van der Waals surface area contributed by atoms with Crippen molar-refractivity contribution in [2.75, 3.05) is 0 Å². The lowest BCUT2D eigenvalue weighted by atomic mass is 10.1. The van der Waals surface area contributed by atoms with E-state index < -0.39 is 0 Å². The first kappa shape index (κ1) is 22.0. The van der Waals surface area contributed by atoms with Gasteiger partial charge in [-0.25, -0.2) is 15.0 Å². The molecule has 0 radical (unpaired) electrons. The molecule has 39 heavy (non-hydrogen) atoms. The summed E-state index contributed by atoms with van der Waals surface area (Å²) < 4.78 is 12.2. The van der Waals surface area contributed by atoms with E-state index in [4.69, 9.17) is 35.4 Å². The number of para-hydroxylation sites is 1. The second-order valence-corrected chi connectivity index (χ2v) is 9.70. The summed E-state index contributed by atoms with van der Waals surface area (Å²) in [4.78, 5) is 19.3. The maximum absolute atomic E-state index is 6.18. The maximum Gasteiger partial charge on any atom is 0.164 e. The van der Waals surface area contributed by atoms with Gasteiger partial charge in [0.25, 0.3) is 0 Å². The summed E-state index contributed by atoms with van der Waals surface area (Å²) in [6, 6.07) is 31.5. The van der Waals surface area contributed by atoms with Crippen LogP contribution < -0.4 is 0 Å². The average Bonchev–Trinajstić information content (AvgIpc) is 3.54. The highest BCUT2D eigenvalue weighted by Crippen LogP contribution is 2.37. The number of pyridine rings is 1. The Morgan fingerprint density at radius 1 is 0.538 bits per heavy atom. The molecular formula is C32H17ClN4O2. The normalized spacial score (nSPS) is 11.7. The number of hydrogen-bond acceptors (Lipinski definition) is 6. The predicted octanol–water partition coefficient (Wildman–Crippen LogP) is 8.72.